The highest BCUT2D eigenvalue weighted by molar-refractivity contribution is 5.22. The first kappa shape index (κ1) is 20.2. The minimum absolute atomic E-state index is 0.175. The van der Waals surface area contributed by atoms with Crippen LogP contribution in [0.25, 0.3) is 0 Å². The van der Waals surface area contributed by atoms with Crippen molar-refractivity contribution in [2.24, 2.45) is 0 Å². The molecule has 0 saturated carbocycles. The second kappa shape index (κ2) is 9.63. The van der Waals surface area contributed by atoms with Crippen LogP contribution in [0.5, 0.6) is 0 Å². The summed E-state index contributed by atoms with van der Waals surface area (Å²) in [4.78, 5) is 4.94. The van der Waals surface area contributed by atoms with Crippen molar-refractivity contribution in [3.8, 4) is 0 Å². The van der Waals surface area contributed by atoms with Gasteiger partial charge in [0.1, 0.15) is 0 Å². The molecule has 3 rings (SSSR count). The van der Waals surface area contributed by atoms with Crippen molar-refractivity contribution < 1.29 is 0 Å². The lowest BCUT2D eigenvalue weighted by atomic mass is 10.1. The molecule has 1 heterocycles. The molecule has 1 aromatic heterocycles. The van der Waals surface area contributed by atoms with E-state index in [1.165, 1.54) is 11.1 Å². The van der Waals surface area contributed by atoms with Crippen LogP contribution in [-0.2, 0) is 0 Å². The van der Waals surface area contributed by atoms with Gasteiger partial charge in [0.05, 0.1) is 11.4 Å². The number of nitrogens with one attached hydrogen (secondary N) is 2. The van der Waals surface area contributed by atoms with Gasteiger partial charge in [0, 0.05) is 24.2 Å². The van der Waals surface area contributed by atoms with Crippen LogP contribution in [0.2, 0.25) is 0 Å². The standard InChI is InChI=1S/C25H31N3/c1-18(22-12-7-5-8-13-22)26-20(3)24-16-11-17-25(28-24)21(4)27-19(2)23-14-9-6-10-15-23/h5-21,26-27H,1-4H3/t18-,19-,20-,21+/m1/s1. The topological polar surface area (TPSA) is 37.0 Å². The molecule has 146 valence electrons. The number of nitrogens with zero attached hydrogens (tertiary/aromatic N) is 1. The molecule has 0 aliphatic carbocycles. The van der Waals surface area contributed by atoms with Crippen molar-refractivity contribution in [1.82, 2.24) is 15.6 Å². The molecular weight excluding hydrogens is 342 g/mol. The molecular formula is C25H31N3. The Hall–Kier alpha value is -2.49. The maximum atomic E-state index is 4.94. The van der Waals surface area contributed by atoms with Crippen LogP contribution in [0.1, 0.15) is 74.4 Å². The highest BCUT2D eigenvalue weighted by Crippen LogP contribution is 2.21. The van der Waals surface area contributed by atoms with E-state index < -0.39 is 0 Å². The largest absolute Gasteiger partial charge is 0.302 e. The van der Waals surface area contributed by atoms with Gasteiger partial charge in [-0.2, -0.15) is 0 Å². The highest BCUT2D eigenvalue weighted by atomic mass is 15.0. The third-order valence-electron chi connectivity index (χ3n) is 5.28. The molecule has 2 aromatic carbocycles. The van der Waals surface area contributed by atoms with Crippen LogP contribution >= 0.6 is 0 Å². The Balaban J connectivity index is 1.65. The Morgan fingerprint density at radius 3 is 1.29 bits per heavy atom. The normalized spacial score (nSPS) is 15.6. The van der Waals surface area contributed by atoms with Crippen molar-refractivity contribution in [2.45, 2.75) is 51.9 Å². The third-order valence-corrected chi connectivity index (χ3v) is 5.28. The molecule has 3 heteroatoms. The fourth-order valence-corrected chi connectivity index (χ4v) is 3.55. The number of aromatic nitrogens is 1. The van der Waals surface area contributed by atoms with Gasteiger partial charge in [-0.15, -0.1) is 0 Å². The Morgan fingerprint density at radius 1 is 0.500 bits per heavy atom. The van der Waals surface area contributed by atoms with Gasteiger partial charge >= 0.3 is 0 Å². The van der Waals surface area contributed by atoms with Gasteiger partial charge in [-0.1, -0.05) is 66.7 Å². The van der Waals surface area contributed by atoms with Gasteiger partial charge in [0.2, 0.25) is 0 Å². The van der Waals surface area contributed by atoms with Crippen LogP contribution in [-0.4, -0.2) is 4.98 Å². The van der Waals surface area contributed by atoms with E-state index in [1.54, 1.807) is 0 Å². The summed E-state index contributed by atoms with van der Waals surface area (Å²) in [5.74, 6) is 0. The van der Waals surface area contributed by atoms with Gasteiger partial charge in [-0.3, -0.25) is 4.98 Å². The summed E-state index contributed by atoms with van der Waals surface area (Å²) in [5.41, 5.74) is 4.72. The zero-order valence-electron chi connectivity index (χ0n) is 17.3. The van der Waals surface area contributed by atoms with Crippen LogP contribution in [0.3, 0.4) is 0 Å². The summed E-state index contributed by atoms with van der Waals surface area (Å²) in [6.45, 7) is 8.75. The lowest BCUT2D eigenvalue weighted by molar-refractivity contribution is 0.469. The van der Waals surface area contributed by atoms with E-state index in [1.807, 2.05) is 0 Å². The van der Waals surface area contributed by atoms with Crippen LogP contribution < -0.4 is 10.6 Å². The zero-order chi connectivity index (χ0) is 19.9. The van der Waals surface area contributed by atoms with Crippen LogP contribution in [0, 0.1) is 0 Å². The Bertz CT molecular complexity index is 779. The Labute approximate surface area is 169 Å². The fourth-order valence-electron chi connectivity index (χ4n) is 3.55. The van der Waals surface area contributed by atoms with E-state index in [9.17, 15) is 0 Å². The van der Waals surface area contributed by atoms with Crippen molar-refractivity contribution in [1.29, 1.82) is 0 Å². The number of rotatable bonds is 8. The van der Waals surface area contributed by atoms with Crippen molar-refractivity contribution in [3.63, 3.8) is 0 Å². The molecule has 0 aliphatic heterocycles. The van der Waals surface area contributed by atoms with E-state index in [0.717, 1.165) is 11.4 Å². The number of pyridine rings is 1. The maximum absolute atomic E-state index is 4.94. The predicted molar refractivity (Wildman–Crippen MR) is 117 cm³/mol. The minimum Gasteiger partial charge on any atom is -0.302 e. The minimum atomic E-state index is 0.175. The fraction of sp³-hybridized carbons (Fsp3) is 0.320. The molecule has 0 unspecified atom stereocenters. The van der Waals surface area contributed by atoms with Crippen molar-refractivity contribution >= 4 is 0 Å². The molecule has 3 aromatic rings. The summed E-state index contributed by atoms with van der Waals surface area (Å²) in [7, 11) is 0. The summed E-state index contributed by atoms with van der Waals surface area (Å²) in [6.07, 6.45) is 0. The lowest BCUT2D eigenvalue weighted by Crippen LogP contribution is -2.25. The van der Waals surface area contributed by atoms with E-state index >= 15 is 0 Å². The summed E-state index contributed by atoms with van der Waals surface area (Å²) >= 11 is 0. The van der Waals surface area contributed by atoms with Gasteiger partial charge in [-0.05, 0) is 51.0 Å². The SMILES string of the molecule is C[C@H](N[C@H](C)c1ccccc1)c1cccc([C@@H](C)N[C@H](C)c2ccccc2)n1. The van der Waals surface area contributed by atoms with Gasteiger partial charge in [-0.25, -0.2) is 0 Å². The molecule has 0 fully saturated rings. The van der Waals surface area contributed by atoms with Gasteiger partial charge in [0.25, 0.3) is 0 Å². The van der Waals surface area contributed by atoms with E-state index in [4.69, 9.17) is 4.98 Å². The molecule has 0 spiro atoms. The van der Waals surface area contributed by atoms with Crippen LogP contribution in [0.4, 0.5) is 0 Å². The molecule has 4 atom stereocenters. The molecule has 3 nitrogen and oxygen atoms in total. The molecule has 0 saturated heterocycles. The summed E-state index contributed by atoms with van der Waals surface area (Å²) in [5, 5.41) is 7.32. The third kappa shape index (κ3) is 5.28. The van der Waals surface area contributed by atoms with Gasteiger partial charge in [0.15, 0.2) is 0 Å². The van der Waals surface area contributed by atoms with Crippen molar-refractivity contribution in [2.75, 3.05) is 0 Å². The lowest BCUT2D eigenvalue weighted by Gasteiger charge is -2.23. The second-order valence-corrected chi connectivity index (χ2v) is 7.53. The quantitative estimate of drug-likeness (QED) is 0.516. The summed E-state index contributed by atoms with van der Waals surface area (Å²) < 4.78 is 0. The first-order chi connectivity index (χ1) is 13.5. The molecule has 0 bridgehead atoms. The maximum Gasteiger partial charge on any atom is 0.0574 e. The first-order valence-corrected chi connectivity index (χ1v) is 10.1. The molecule has 0 amide bonds. The first-order valence-electron chi connectivity index (χ1n) is 10.1. The monoisotopic (exact) mass is 373 g/mol. The molecule has 0 aliphatic rings. The average Bonchev–Trinajstić information content (AvgIpc) is 2.75. The molecule has 0 radical (unpaired) electrons. The summed E-state index contributed by atoms with van der Waals surface area (Å²) in [6, 6.07) is 28.3. The second-order valence-electron chi connectivity index (χ2n) is 7.53. The van der Waals surface area contributed by atoms with Crippen molar-refractivity contribution in [3.05, 3.63) is 101 Å². The molecule has 2 N–H and O–H groups in total. The predicted octanol–water partition coefficient (Wildman–Crippen LogP) is 5.91. The van der Waals surface area contributed by atoms with Gasteiger partial charge < -0.3 is 10.6 Å². The number of hydrogen-bond acceptors (Lipinski definition) is 3. The van der Waals surface area contributed by atoms with E-state index in [-0.39, 0.29) is 24.2 Å². The number of hydrogen-bond donors (Lipinski definition) is 2. The van der Waals surface area contributed by atoms with E-state index in [2.05, 4.69) is 117 Å². The smallest absolute Gasteiger partial charge is 0.0574 e. The number of benzene rings is 2. The molecule has 28 heavy (non-hydrogen) atoms. The zero-order valence-corrected chi connectivity index (χ0v) is 17.3. The van der Waals surface area contributed by atoms with Crippen LogP contribution in [0.15, 0.2) is 78.9 Å². The Kier molecular flexibility index (Phi) is 6.96. The highest BCUT2D eigenvalue weighted by Gasteiger charge is 2.16. The Morgan fingerprint density at radius 2 is 0.893 bits per heavy atom. The van der Waals surface area contributed by atoms with E-state index in [0.29, 0.717) is 0 Å². The average molecular weight is 374 g/mol.